The molecule has 2 aromatic rings. The van der Waals surface area contributed by atoms with E-state index in [9.17, 15) is 5.11 Å². The number of nitrogens with zero attached hydrogens (tertiary/aromatic N) is 2. The van der Waals surface area contributed by atoms with Crippen molar-refractivity contribution in [3.05, 3.63) is 36.0 Å². The number of aliphatic hydroxyl groups excluding tert-OH is 1. The molecule has 0 saturated carbocycles. The summed E-state index contributed by atoms with van der Waals surface area (Å²) in [5.74, 6) is 0. The largest absolute Gasteiger partial charge is 0.390 e. The minimum Gasteiger partial charge on any atom is -0.390 e. The molecule has 0 aliphatic carbocycles. The second kappa shape index (κ2) is 5.41. The summed E-state index contributed by atoms with van der Waals surface area (Å²) in [6, 6.07) is 11.4. The molecule has 0 bridgehead atoms. The molecular formula is C17H22N2O. The van der Waals surface area contributed by atoms with E-state index < -0.39 is 0 Å². The topological polar surface area (TPSA) is 36.4 Å². The first-order chi connectivity index (χ1) is 9.74. The van der Waals surface area contributed by atoms with Gasteiger partial charge in [-0.05, 0) is 38.3 Å². The number of aliphatic hydroxyl groups is 1. The third kappa shape index (κ3) is 2.16. The zero-order chi connectivity index (χ0) is 14.1. The monoisotopic (exact) mass is 270 g/mol. The molecule has 3 heteroatoms. The van der Waals surface area contributed by atoms with Crippen molar-refractivity contribution in [3.8, 4) is 0 Å². The lowest BCUT2D eigenvalue weighted by atomic mass is 10.1. The van der Waals surface area contributed by atoms with Crippen molar-refractivity contribution in [2.75, 3.05) is 4.90 Å². The molecule has 1 fully saturated rings. The fourth-order valence-electron chi connectivity index (χ4n) is 3.41. The maximum atomic E-state index is 9.47. The second-order valence-corrected chi connectivity index (χ2v) is 5.70. The highest BCUT2D eigenvalue weighted by Gasteiger charge is 2.30. The lowest BCUT2D eigenvalue weighted by Crippen LogP contribution is -2.34. The number of benzene rings is 1. The summed E-state index contributed by atoms with van der Waals surface area (Å²) in [5.41, 5.74) is 2.96. The van der Waals surface area contributed by atoms with Crippen LogP contribution in [0.1, 0.15) is 38.8 Å². The molecule has 106 valence electrons. The Morgan fingerprint density at radius 2 is 2.10 bits per heavy atom. The Hall–Kier alpha value is -1.61. The molecule has 0 radical (unpaired) electrons. The summed E-state index contributed by atoms with van der Waals surface area (Å²) in [6.45, 7) is 4.55. The van der Waals surface area contributed by atoms with E-state index in [1.807, 2.05) is 12.1 Å². The van der Waals surface area contributed by atoms with Gasteiger partial charge in [0.05, 0.1) is 17.8 Å². The van der Waals surface area contributed by atoms with E-state index in [4.69, 9.17) is 0 Å². The van der Waals surface area contributed by atoms with Gasteiger partial charge in [-0.3, -0.25) is 4.98 Å². The van der Waals surface area contributed by atoms with Crippen molar-refractivity contribution >= 4 is 16.6 Å². The molecule has 2 atom stereocenters. The molecule has 1 aliphatic rings. The highest BCUT2D eigenvalue weighted by atomic mass is 16.3. The number of fused-ring (bicyclic) bond motifs is 1. The summed E-state index contributed by atoms with van der Waals surface area (Å²) in [7, 11) is 0. The molecule has 2 unspecified atom stereocenters. The van der Waals surface area contributed by atoms with E-state index in [0.29, 0.717) is 12.1 Å². The molecule has 1 aromatic carbocycles. The highest BCUT2D eigenvalue weighted by Crippen LogP contribution is 2.36. The van der Waals surface area contributed by atoms with E-state index in [-0.39, 0.29) is 6.61 Å². The van der Waals surface area contributed by atoms with Crippen LogP contribution >= 0.6 is 0 Å². The maximum Gasteiger partial charge on any atom is 0.0854 e. The average Bonchev–Trinajstić information content (AvgIpc) is 2.86. The number of hydrogen-bond acceptors (Lipinski definition) is 3. The van der Waals surface area contributed by atoms with Gasteiger partial charge < -0.3 is 10.0 Å². The lowest BCUT2D eigenvalue weighted by Gasteiger charge is -2.31. The van der Waals surface area contributed by atoms with Crippen LogP contribution in [0, 0.1) is 0 Å². The van der Waals surface area contributed by atoms with E-state index in [2.05, 4.69) is 41.9 Å². The SMILES string of the molecule is CCC1CCC(C)N1c1cc(CO)nc2ccccc12. The predicted molar refractivity (Wildman–Crippen MR) is 82.9 cm³/mol. The molecule has 20 heavy (non-hydrogen) atoms. The van der Waals surface area contributed by atoms with Gasteiger partial charge in [-0.15, -0.1) is 0 Å². The van der Waals surface area contributed by atoms with Crippen LogP contribution in [0.5, 0.6) is 0 Å². The van der Waals surface area contributed by atoms with Crippen molar-refractivity contribution in [1.82, 2.24) is 4.98 Å². The fourth-order valence-corrected chi connectivity index (χ4v) is 3.41. The smallest absolute Gasteiger partial charge is 0.0854 e. The first kappa shape index (κ1) is 13.4. The normalized spacial score (nSPS) is 22.6. The third-order valence-corrected chi connectivity index (χ3v) is 4.44. The van der Waals surface area contributed by atoms with Gasteiger partial charge in [-0.1, -0.05) is 25.1 Å². The van der Waals surface area contributed by atoms with Crippen molar-refractivity contribution in [1.29, 1.82) is 0 Å². The first-order valence-corrected chi connectivity index (χ1v) is 7.52. The zero-order valence-corrected chi connectivity index (χ0v) is 12.2. The molecule has 1 saturated heterocycles. The average molecular weight is 270 g/mol. The molecule has 1 aromatic heterocycles. The molecule has 0 amide bonds. The van der Waals surface area contributed by atoms with Crippen LogP contribution in [0.3, 0.4) is 0 Å². The Bertz CT molecular complexity index is 611. The van der Waals surface area contributed by atoms with Crippen LogP contribution in [-0.2, 0) is 6.61 Å². The first-order valence-electron chi connectivity index (χ1n) is 7.52. The molecule has 1 aliphatic heterocycles. The number of aromatic nitrogens is 1. The summed E-state index contributed by atoms with van der Waals surface area (Å²) in [6.07, 6.45) is 3.65. The minimum absolute atomic E-state index is 0.00313. The van der Waals surface area contributed by atoms with Crippen molar-refractivity contribution in [2.45, 2.75) is 51.8 Å². The Morgan fingerprint density at radius 1 is 1.30 bits per heavy atom. The quantitative estimate of drug-likeness (QED) is 0.927. The fraction of sp³-hybridized carbons (Fsp3) is 0.471. The Morgan fingerprint density at radius 3 is 2.85 bits per heavy atom. The highest BCUT2D eigenvalue weighted by molar-refractivity contribution is 5.92. The van der Waals surface area contributed by atoms with Crippen molar-refractivity contribution in [2.24, 2.45) is 0 Å². The Labute approximate surface area is 120 Å². The van der Waals surface area contributed by atoms with Crippen LogP contribution in [0.15, 0.2) is 30.3 Å². The van der Waals surface area contributed by atoms with Gasteiger partial charge in [0.25, 0.3) is 0 Å². The standard InChI is InChI=1S/C17H22N2O/c1-3-14-9-8-12(2)19(14)17-10-13(11-20)18-16-7-5-4-6-15(16)17/h4-7,10,12,14,20H,3,8-9,11H2,1-2H3. The van der Waals surface area contributed by atoms with Gasteiger partial charge >= 0.3 is 0 Å². The second-order valence-electron chi connectivity index (χ2n) is 5.70. The molecule has 0 spiro atoms. The lowest BCUT2D eigenvalue weighted by molar-refractivity contribution is 0.277. The van der Waals surface area contributed by atoms with Gasteiger partial charge in [0.2, 0.25) is 0 Å². The van der Waals surface area contributed by atoms with Gasteiger partial charge in [-0.25, -0.2) is 0 Å². The number of anilines is 1. The van der Waals surface area contributed by atoms with E-state index in [1.165, 1.54) is 23.9 Å². The maximum absolute atomic E-state index is 9.47. The zero-order valence-electron chi connectivity index (χ0n) is 12.2. The van der Waals surface area contributed by atoms with Gasteiger partial charge in [0.1, 0.15) is 0 Å². The van der Waals surface area contributed by atoms with Crippen molar-refractivity contribution in [3.63, 3.8) is 0 Å². The predicted octanol–water partition coefficient (Wildman–Crippen LogP) is 3.49. The van der Waals surface area contributed by atoms with Crippen LogP contribution in [-0.4, -0.2) is 22.2 Å². The number of pyridine rings is 1. The van der Waals surface area contributed by atoms with Crippen LogP contribution in [0.4, 0.5) is 5.69 Å². The van der Waals surface area contributed by atoms with Gasteiger partial charge in [0.15, 0.2) is 0 Å². The Kier molecular flexibility index (Phi) is 3.62. The van der Waals surface area contributed by atoms with E-state index in [1.54, 1.807) is 0 Å². The molecular weight excluding hydrogens is 248 g/mol. The van der Waals surface area contributed by atoms with Crippen LogP contribution in [0.25, 0.3) is 10.9 Å². The summed E-state index contributed by atoms with van der Waals surface area (Å²) >= 11 is 0. The summed E-state index contributed by atoms with van der Waals surface area (Å²) in [4.78, 5) is 7.06. The van der Waals surface area contributed by atoms with Crippen LogP contribution in [0.2, 0.25) is 0 Å². The summed E-state index contributed by atoms with van der Waals surface area (Å²) < 4.78 is 0. The van der Waals surface area contributed by atoms with Gasteiger partial charge in [-0.2, -0.15) is 0 Å². The van der Waals surface area contributed by atoms with Crippen LogP contribution < -0.4 is 4.90 Å². The summed E-state index contributed by atoms with van der Waals surface area (Å²) in [5, 5.41) is 10.7. The van der Waals surface area contributed by atoms with E-state index >= 15 is 0 Å². The molecule has 3 rings (SSSR count). The number of para-hydroxylation sites is 1. The molecule has 3 nitrogen and oxygen atoms in total. The minimum atomic E-state index is -0.00313. The number of rotatable bonds is 3. The molecule has 1 N–H and O–H groups in total. The van der Waals surface area contributed by atoms with Gasteiger partial charge in [0, 0.05) is 23.2 Å². The molecule has 2 heterocycles. The Balaban J connectivity index is 2.18. The third-order valence-electron chi connectivity index (χ3n) is 4.44. The van der Waals surface area contributed by atoms with E-state index in [0.717, 1.165) is 17.6 Å². The van der Waals surface area contributed by atoms with Crippen molar-refractivity contribution < 1.29 is 5.11 Å². The number of hydrogen-bond donors (Lipinski definition) is 1.